The van der Waals surface area contributed by atoms with Crippen LogP contribution in [-0.2, 0) is 73.7 Å². The van der Waals surface area contributed by atoms with Crippen LogP contribution >= 0.6 is 0 Å². The summed E-state index contributed by atoms with van der Waals surface area (Å²) < 4.78 is 4.97. The number of benzene rings is 1. The van der Waals surface area contributed by atoms with Crippen molar-refractivity contribution in [1.82, 2.24) is 64.9 Å². The third-order valence-electron chi connectivity index (χ3n) is 21.1. The number of carbonyl (C=O) groups is 14. The van der Waals surface area contributed by atoms with E-state index in [1.54, 1.807) is 19.6 Å². The van der Waals surface area contributed by atoms with Crippen LogP contribution in [0.2, 0.25) is 0 Å². The minimum atomic E-state index is -1.03. The number of likely N-dealkylation sites (tertiary alicyclic amines) is 10. The number of ether oxygens (including phenoxy) is 1. The molecular formula is C64H87N15O17. The largest absolute Gasteiger partial charge is 0.444 e. The van der Waals surface area contributed by atoms with E-state index >= 15 is 0 Å². The first-order valence-electron chi connectivity index (χ1n) is 34.2. The lowest BCUT2D eigenvalue weighted by molar-refractivity contribution is -0.385. The summed E-state index contributed by atoms with van der Waals surface area (Å²) >= 11 is 0. The first kappa shape index (κ1) is 68.4. The maximum Gasteiger partial charge on any atom is 0.407 e. The van der Waals surface area contributed by atoms with Crippen LogP contribution in [-0.4, -0.2) is 282 Å². The van der Waals surface area contributed by atoms with Crippen LogP contribution in [0, 0.1) is 10.1 Å². The lowest BCUT2D eigenvalue weighted by atomic mass is 10.1. The number of hydrogen-bond donors (Lipinski definition) is 4. The molecule has 10 atom stereocenters. The highest BCUT2D eigenvalue weighted by Crippen LogP contribution is 2.36. The number of amides is 14. The molecule has 14 amide bonds. The highest BCUT2D eigenvalue weighted by atomic mass is 16.6. The van der Waals surface area contributed by atoms with Crippen molar-refractivity contribution in [2.45, 2.75) is 195 Å². The van der Waals surface area contributed by atoms with Gasteiger partial charge in [-0.1, -0.05) is 12.1 Å². The van der Waals surface area contributed by atoms with Gasteiger partial charge in [-0.3, -0.25) is 72.4 Å². The van der Waals surface area contributed by atoms with Crippen molar-refractivity contribution in [1.29, 1.82) is 0 Å². The van der Waals surface area contributed by atoms with E-state index in [2.05, 4.69) is 16.0 Å². The second kappa shape index (κ2) is 30.0. The molecule has 0 aromatic heterocycles. The topological polar surface area (TPSA) is 386 Å². The monoisotopic (exact) mass is 1340 g/mol. The van der Waals surface area contributed by atoms with Gasteiger partial charge >= 0.3 is 6.09 Å². The van der Waals surface area contributed by atoms with Gasteiger partial charge in [0.05, 0.1) is 23.6 Å². The third-order valence-corrected chi connectivity index (χ3v) is 21.1. The summed E-state index contributed by atoms with van der Waals surface area (Å²) in [7, 11) is 0. The standard InChI is InChI=1S/C64H87N15O17/c65-54(83)41-15-3-26-70(41)56(85)43-17-5-28-72(43)58(87)45-19-7-30-74(45)60(89)47-21-9-32-76(47)62(91)49-23-11-34-78(49)63(92)50-24-12-33-77(50)61(90)48-22-10-31-75(48)59(88)46-20-8-29-73(46)57(86)44-18-6-27-71(44)55(84)42-16-4-25-69(42)53(82)37-67-51(80)35-66-52(81)36-68-64(93)96-38-39-13-1-2-14-40(39)79(94)95/h1-2,13-14,41-50H,3-12,15-38H2,(H2,65,83)(H,66,81)(H,67,80)(H,68,93)/t41-,42-,43-,44-,45-,46-,47-,48-,49-,50-/m0/s1. The number of nitrogens with zero attached hydrogens (tertiary/aromatic N) is 11. The smallest absolute Gasteiger partial charge is 0.407 e. The van der Waals surface area contributed by atoms with E-state index in [0.717, 1.165) is 0 Å². The number of carbonyl (C=O) groups excluding carboxylic acids is 14. The van der Waals surface area contributed by atoms with Crippen LogP contribution in [0.25, 0.3) is 0 Å². The minimum absolute atomic E-state index is 0.140. The summed E-state index contributed by atoms with van der Waals surface area (Å²) in [5.74, 6) is -6.00. The maximum atomic E-state index is 14.8. The molecule has 1 aromatic rings. The maximum absolute atomic E-state index is 14.8. The van der Waals surface area contributed by atoms with Gasteiger partial charge in [-0.15, -0.1) is 0 Å². The van der Waals surface area contributed by atoms with Crippen molar-refractivity contribution in [2.75, 3.05) is 85.1 Å². The van der Waals surface area contributed by atoms with Crippen LogP contribution in [0.4, 0.5) is 10.5 Å². The number of hydrogen-bond acceptors (Lipinski definition) is 17. The van der Waals surface area contributed by atoms with Crippen molar-refractivity contribution in [3.05, 3.63) is 39.9 Å². The van der Waals surface area contributed by atoms with Crippen molar-refractivity contribution >= 4 is 88.6 Å². The molecule has 0 unspecified atom stereocenters. The second-order valence-corrected chi connectivity index (χ2v) is 26.7. The average Bonchev–Trinajstić information content (AvgIpc) is 1.72. The van der Waals surface area contributed by atoms with E-state index in [9.17, 15) is 77.2 Å². The normalized spacial score (nSPS) is 27.2. The lowest BCUT2D eigenvalue weighted by Gasteiger charge is -2.37. The lowest BCUT2D eigenvalue weighted by Crippen LogP contribution is -2.59. The molecule has 10 aliphatic rings. The predicted molar refractivity (Wildman–Crippen MR) is 334 cm³/mol. The number of primary amides is 1. The Morgan fingerprint density at radius 2 is 0.625 bits per heavy atom. The minimum Gasteiger partial charge on any atom is -0.444 e. The Morgan fingerprint density at radius 1 is 0.375 bits per heavy atom. The van der Waals surface area contributed by atoms with E-state index < -0.39 is 139 Å². The average molecular weight is 1340 g/mol. The summed E-state index contributed by atoms with van der Waals surface area (Å²) in [6, 6.07) is -2.95. The van der Waals surface area contributed by atoms with Crippen molar-refractivity contribution in [3.63, 3.8) is 0 Å². The molecule has 1 aromatic carbocycles. The van der Waals surface area contributed by atoms with Gasteiger partial charge in [-0.25, -0.2) is 4.79 Å². The van der Waals surface area contributed by atoms with E-state index in [1.165, 1.54) is 53.7 Å². The Balaban J connectivity index is 0.651. The van der Waals surface area contributed by atoms with Gasteiger partial charge in [0.15, 0.2) is 0 Å². The molecule has 10 saturated heterocycles. The van der Waals surface area contributed by atoms with Gasteiger partial charge in [-0.05, 0) is 134 Å². The fourth-order valence-corrected chi connectivity index (χ4v) is 16.4. The summed E-state index contributed by atoms with van der Waals surface area (Å²) in [5.41, 5.74) is 5.52. The molecule has 0 aliphatic carbocycles. The zero-order chi connectivity index (χ0) is 68.1. The SMILES string of the molecule is NC(=O)[C@@H]1CCCN1C(=O)[C@@H]1CCCN1C(=O)[C@@H]1CCCN1C(=O)[C@@H]1CCCN1C(=O)[C@@H]1CCCN1C(=O)[C@@H]1CCCN1C(=O)[C@@H]1CCCN1C(=O)[C@@H]1CCCN1C(=O)[C@@H]1CCCN1C(=O)[C@@H]1CCCN1C(=O)CNC(=O)CNC(=O)CNC(=O)OCc1ccccc1[N+](=O)[O-]. The molecular weight excluding hydrogens is 1250 g/mol. The van der Waals surface area contributed by atoms with E-state index in [4.69, 9.17) is 10.5 Å². The van der Waals surface area contributed by atoms with Gasteiger partial charge in [0.25, 0.3) is 5.69 Å². The van der Waals surface area contributed by atoms with Gasteiger partial charge < -0.3 is 75.4 Å². The molecule has 5 N–H and O–H groups in total. The zero-order valence-corrected chi connectivity index (χ0v) is 54.1. The Morgan fingerprint density at radius 3 is 0.927 bits per heavy atom. The fourth-order valence-electron chi connectivity index (χ4n) is 16.4. The van der Waals surface area contributed by atoms with E-state index in [0.29, 0.717) is 148 Å². The number of para-hydroxylation sites is 1. The van der Waals surface area contributed by atoms with E-state index in [-0.39, 0.29) is 92.5 Å². The molecule has 96 heavy (non-hydrogen) atoms. The Labute approximate surface area is 554 Å². The second-order valence-electron chi connectivity index (χ2n) is 26.7. The molecule has 10 aliphatic heterocycles. The van der Waals surface area contributed by atoms with Gasteiger partial charge in [0.2, 0.25) is 76.8 Å². The highest BCUT2D eigenvalue weighted by Gasteiger charge is 2.53. The van der Waals surface area contributed by atoms with Crippen molar-refractivity contribution in [2.24, 2.45) is 5.73 Å². The number of rotatable bonds is 19. The molecule has 32 nitrogen and oxygen atoms in total. The fraction of sp³-hybridized carbons (Fsp3) is 0.688. The molecule has 10 heterocycles. The van der Waals surface area contributed by atoms with Gasteiger partial charge in [-0.2, -0.15) is 0 Å². The van der Waals surface area contributed by atoms with Crippen LogP contribution in [0.15, 0.2) is 24.3 Å². The Kier molecular flexibility index (Phi) is 21.3. The summed E-state index contributed by atoms with van der Waals surface area (Å²) in [6.07, 6.45) is 7.95. The first-order chi connectivity index (χ1) is 46.2. The molecule has 0 saturated carbocycles. The molecule has 0 spiro atoms. The quantitative estimate of drug-likeness (QED) is 0.0900. The van der Waals surface area contributed by atoms with Crippen molar-refractivity contribution < 1.29 is 76.8 Å². The number of nitro benzene ring substituents is 1. The Hall–Kier alpha value is -9.00. The molecule has 0 bridgehead atoms. The summed E-state index contributed by atoms with van der Waals surface area (Å²) in [4.78, 5) is 220. The summed E-state index contributed by atoms with van der Waals surface area (Å²) in [5, 5.41) is 18.2. The number of nitrogens with one attached hydrogen (secondary N) is 3. The molecule has 520 valence electrons. The Bertz CT molecular complexity index is 3280. The number of nitro groups is 1. The van der Waals surface area contributed by atoms with Crippen molar-refractivity contribution in [3.8, 4) is 0 Å². The van der Waals surface area contributed by atoms with Gasteiger partial charge in [0, 0.05) is 71.5 Å². The predicted octanol–water partition coefficient (Wildman–Crippen LogP) is -1.55. The van der Waals surface area contributed by atoms with E-state index in [1.807, 2.05) is 0 Å². The van der Waals surface area contributed by atoms with Crippen LogP contribution in [0.3, 0.4) is 0 Å². The van der Waals surface area contributed by atoms with Crippen LogP contribution < -0.4 is 21.7 Å². The zero-order valence-electron chi connectivity index (χ0n) is 54.1. The molecule has 0 radical (unpaired) electrons. The van der Waals surface area contributed by atoms with Crippen LogP contribution in [0.5, 0.6) is 0 Å². The molecule has 10 fully saturated rings. The van der Waals surface area contributed by atoms with Crippen LogP contribution in [0.1, 0.15) is 134 Å². The number of nitrogens with two attached hydrogens (primary N) is 1. The molecule has 11 rings (SSSR count). The summed E-state index contributed by atoms with van der Waals surface area (Å²) in [6.45, 7) is 0.680. The number of alkyl carbamates (subject to hydrolysis) is 1. The highest BCUT2D eigenvalue weighted by molar-refractivity contribution is 6.01. The van der Waals surface area contributed by atoms with Gasteiger partial charge in [0.1, 0.15) is 73.6 Å². The first-order valence-corrected chi connectivity index (χ1v) is 34.2. The third kappa shape index (κ3) is 14.1. The molecule has 32 heteroatoms.